The third-order valence-electron chi connectivity index (χ3n) is 2.57. The summed E-state index contributed by atoms with van der Waals surface area (Å²) in [4.78, 5) is 11.2. The SMILES string of the molecule is CC[C@H](N)C(=O)NCC1CCC1. The second kappa shape index (κ2) is 4.45. The van der Waals surface area contributed by atoms with Crippen LogP contribution in [-0.4, -0.2) is 18.5 Å². The van der Waals surface area contributed by atoms with Crippen LogP contribution in [0.1, 0.15) is 32.6 Å². The first-order valence-electron chi connectivity index (χ1n) is 4.77. The van der Waals surface area contributed by atoms with Crippen molar-refractivity contribution in [2.45, 2.75) is 38.6 Å². The maximum atomic E-state index is 11.2. The lowest BCUT2D eigenvalue weighted by molar-refractivity contribution is -0.122. The summed E-state index contributed by atoms with van der Waals surface area (Å²) >= 11 is 0. The molecule has 0 aromatic carbocycles. The Morgan fingerprint density at radius 3 is 2.75 bits per heavy atom. The van der Waals surface area contributed by atoms with Gasteiger partial charge in [0.25, 0.3) is 0 Å². The summed E-state index contributed by atoms with van der Waals surface area (Å²) in [6.07, 6.45) is 4.57. The first kappa shape index (κ1) is 9.52. The topological polar surface area (TPSA) is 55.1 Å². The molecule has 0 aliphatic heterocycles. The maximum Gasteiger partial charge on any atom is 0.236 e. The number of carbonyl (C=O) groups is 1. The molecule has 0 aromatic heterocycles. The van der Waals surface area contributed by atoms with Crippen LogP contribution >= 0.6 is 0 Å². The summed E-state index contributed by atoms with van der Waals surface area (Å²) in [5.41, 5.74) is 5.55. The van der Waals surface area contributed by atoms with Crippen molar-refractivity contribution < 1.29 is 4.79 Å². The standard InChI is InChI=1S/C9H18N2O/c1-2-8(10)9(12)11-6-7-4-3-5-7/h7-8H,2-6,10H2,1H3,(H,11,12)/t8-/m0/s1. The third kappa shape index (κ3) is 2.48. The monoisotopic (exact) mass is 170 g/mol. The summed E-state index contributed by atoms with van der Waals surface area (Å²) in [6, 6.07) is -0.315. The molecule has 3 nitrogen and oxygen atoms in total. The molecule has 1 amide bonds. The third-order valence-corrected chi connectivity index (χ3v) is 2.57. The van der Waals surface area contributed by atoms with E-state index in [1.165, 1.54) is 19.3 Å². The number of nitrogens with one attached hydrogen (secondary N) is 1. The van der Waals surface area contributed by atoms with E-state index in [0.717, 1.165) is 18.9 Å². The highest BCUT2D eigenvalue weighted by Gasteiger charge is 2.19. The Bertz CT molecular complexity index is 155. The van der Waals surface area contributed by atoms with E-state index in [4.69, 9.17) is 5.73 Å². The molecular weight excluding hydrogens is 152 g/mol. The molecule has 12 heavy (non-hydrogen) atoms. The highest BCUT2D eigenvalue weighted by molar-refractivity contribution is 5.81. The zero-order valence-electron chi connectivity index (χ0n) is 7.68. The van der Waals surface area contributed by atoms with Gasteiger partial charge in [0, 0.05) is 6.54 Å². The molecule has 1 aliphatic rings. The van der Waals surface area contributed by atoms with E-state index in [9.17, 15) is 4.79 Å². The van der Waals surface area contributed by atoms with E-state index in [0.29, 0.717) is 0 Å². The average Bonchev–Trinajstić information content (AvgIpc) is 2.00. The number of carbonyl (C=O) groups excluding carboxylic acids is 1. The van der Waals surface area contributed by atoms with Gasteiger partial charge in [-0.15, -0.1) is 0 Å². The molecular formula is C9H18N2O. The molecule has 1 aliphatic carbocycles. The van der Waals surface area contributed by atoms with Crippen LogP contribution in [0.15, 0.2) is 0 Å². The van der Waals surface area contributed by atoms with Crippen LogP contribution < -0.4 is 11.1 Å². The Morgan fingerprint density at radius 1 is 1.67 bits per heavy atom. The van der Waals surface area contributed by atoms with Crippen LogP contribution in [-0.2, 0) is 4.79 Å². The van der Waals surface area contributed by atoms with Crippen LogP contribution in [0.2, 0.25) is 0 Å². The van der Waals surface area contributed by atoms with Crippen molar-refractivity contribution in [2.24, 2.45) is 11.7 Å². The lowest BCUT2D eigenvalue weighted by Gasteiger charge is -2.25. The first-order chi connectivity index (χ1) is 5.74. The van der Waals surface area contributed by atoms with E-state index in [2.05, 4.69) is 5.32 Å². The fraction of sp³-hybridized carbons (Fsp3) is 0.889. The highest BCUT2D eigenvalue weighted by Crippen LogP contribution is 2.25. The molecule has 0 bridgehead atoms. The lowest BCUT2D eigenvalue weighted by Crippen LogP contribution is -2.42. The van der Waals surface area contributed by atoms with Crippen molar-refractivity contribution >= 4 is 5.91 Å². The van der Waals surface area contributed by atoms with Gasteiger partial charge in [0.05, 0.1) is 6.04 Å². The summed E-state index contributed by atoms with van der Waals surface area (Å²) in [7, 11) is 0. The maximum absolute atomic E-state index is 11.2. The highest BCUT2D eigenvalue weighted by atomic mass is 16.2. The van der Waals surface area contributed by atoms with Crippen LogP contribution in [0, 0.1) is 5.92 Å². The van der Waals surface area contributed by atoms with Gasteiger partial charge in [-0.05, 0) is 25.2 Å². The van der Waals surface area contributed by atoms with Crippen LogP contribution in [0.25, 0.3) is 0 Å². The number of amides is 1. The molecule has 0 radical (unpaired) electrons. The Morgan fingerprint density at radius 2 is 2.33 bits per heavy atom. The lowest BCUT2D eigenvalue weighted by atomic mass is 9.85. The molecule has 0 saturated heterocycles. The number of hydrogen-bond donors (Lipinski definition) is 2. The predicted octanol–water partition coefficient (Wildman–Crippen LogP) is 0.640. The molecule has 1 atom stereocenters. The van der Waals surface area contributed by atoms with Gasteiger partial charge >= 0.3 is 0 Å². The smallest absolute Gasteiger partial charge is 0.236 e. The molecule has 1 rings (SSSR count). The van der Waals surface area contributed by atoms with Gasteiger partial charge in [-0.1, -0.05) is 13.3 Å². The fourth-order valence-electron chi connectivity index (χ4n) is 1.26. The van der Waals surface area contributed by atoms with E-state index < -0.39 is 0 Å². The van der Waals surface area contributed by atoms with Crippen LogP contribution in [0.3, 0.4) is 0 Å². The zero-order chi connectivity index (χ0) is 8.97. The Balaban J connectivity index is 2.08. The van der Waals surface area contributed by atoms with Crippen molar-refractivity contribution in [1.29, 1.82) is 0 Å². The molecule has 1 saturated carbocycles. The van der Waals surface area contributed by atoms with Crippen molar-refractivity contribution in [3.8, 4) is 0 Å². The second-order valence-corrected chi connectivity index (χ2v) is 3.56. The second-order valence-electron chi connectivity index (χ2n) is 3.56. The molecule has 0 aromatic rings. The minimum absolute atomic E-state index is 0.00407. The van der Waals surface area contributed by atoms with Gasteiger partial charge < -0.3 is 11.1 Å². The van der Waals surface area contributed by atoms with Gasteiger partial charge in [0.1, 0.15) is 0 Å². The predicted molar refractivity (Wildman–Crippen MR) is 48.6 cm³/mol. The van der Waals surface area contributed by atoms with Crippen molar-refractivity contribution in [3.05, 3.63) is 0 Å². The van der Waals surface area contributed by atoms with Crippen molar-refractivity contribution in [2.75, 3.05) is 6.54 Å². The van der Waals surface area contributed by atoms with Gasteiger partial charge in [-0.25, -0.2) is 0 Å². The van der Waals surface area contributed by atoms with E-state index in [1.807, 2.05) is 6.92 Å². The van der Waals surface area contributed by atoms with Crippen molar-refractivity contribution in [1.82, 2.24) is 5.32 Å². The Labute approximate surface area is 73.7 Å². The van der Waals surface area contributed by atoms with Gasteiger partial charge in [-0.2, -0.15) is 0 Å². The molecule has 70 valence electrons. The minimum atomic E-state index is -0.315. The molecule has 0 heterocycles. The first-order valence-corrected chi connectivity index (χ1v) is 4.77. The van der Waals surface area contributed by atoms with E-state index in [1.54, 1.807) is 0 Å². The summed E-state index contributed by atoms with van der Waals surface area (Å²) < 4.78 is 0. The Hall–Kier alpha value is -0.570. The fourth-order valence-corrected chi connectivity index (χ4v) is 1.26. The number of rotatable bonds is 4. The summed E-state index contributed by atoms with van der Waals surface area (Å²) in [6.45, 7) is 2.75. The van der Waals surface area contributed by atoms with Crippen LogP contribution in [0.4, 0.5) is 0 Å². The zero-order valence-corrected chi connectivity index (χ0v) is 7.68. The molecule has 3 heteroatoms. The number of hydrogen-bond acceptors (Lipinski definition) is 2. The van der Waals surface area contributed by atoms with E-state index in [-0.39, 0.29) is 11.9 Å². The molecule has 0 spiro atoms. The van der Waals surface area contributed by atoms with Gasteiger partial charge in [-0.3, -0.25) is 4.79 Å². The summed E-state index contributed by atoms with van der Waals surface area (Å²) in [5.74, 6) is 0.724. The van der Waals surface area contributed by atoms with Crippen molar-refractivity contribution in [3.63, 3.8) is 0 Å². The van der Waals surface area contributed by atoms with Gasteiger partial charge in [0.2, 0.25) is 5.91 Å². The Kier molecular flexibility index (Phi) is 3.53. The average molecular weight is 170 g/mol. The van der Waals surface area contributed by atoms with E-state index >= 15 is 0 Å². The minimum Gasteiger partial charge on any atom is -0.354 e. The molecule has 0 unspecified atom stereocenters. The molecule has 3 N–H and O–H groups in total. The molecule has 1 fully saturated rings. The quantitative estimate of drug-likeness (QED) is 0.650. The number of nitrogens with two attached hydrogens (primary N) is 1. The normalized spacial score (nSPS) is 19.8. The summed E-state index contributed by atoms with van der Waals surface area (Å²) in [5, 5.41) is 2.87. The van der Waals surface area contributed by atoms with Gasteiger partial charge in [0.15, 0.2) is 0 Å². The largest absolute Gasteiger partial charge is 0.354 e. The van der Waals surface area contributed by atoms with Crippen LogP contribution in [0.5, 0.6) is 0 Å².